The molecule has 12 heteroatoms. The van der Waals surface area contributed by atoms with E-state index >= 15 is 4.39 Å². The quantitative estimate of drug-likeness (QED) is 0.197. The molecule has 0 aliphatic rings. The van der Waals surface area contributed by atoms with Crippen LogP contribution in [0.25, 0.3) is 22.2 Å². The molecule has 1 N–H and O–H groups in total. The van der Waals surface area contributed by atoms with Crippen molar-refractivity contribution in [3.8, 4) is 34.3 Å². The second-order valence-corrected chi connectivity index (χ2v) is 9.92. The van der Waals surface area contributed by atoms with E-state index in [9.17, 15) is 14.0 Å². The highest BCUT2D eigenvalue weighted by Crippen LogP contribution is 2.35. The Morgan fingerprint density at radius 2 is 1.75 bits per heavy atom. The van der Waals surface area contributed by atoms with E-state index in [1.807, 2.05) is 13.8 Å². The van der Waals surface area contributed by atoms with Gasteiger partial charge in [-0.15, -0.1) is 12.4 Å². The number of hydrogen-bond acceptors (Lipinski definition) is 7. The number of halogens is 3. The Kier molecular flexibility index (Phi) is 9.49. The van der Waals surface area contributed by atoms with E-state index in [0.717, 1.165) is 6.07 Å². The van der Waals surface area contributed by atoms with Crippen LogP contribution in [0.3, 0.4) is 0 Å². The fourth-order valence-electron chi connectivity index (χ4n) is 4.77. The van der Waals surface area contributed by atoms with Crippen LogP contribution in [-0.2, 0) is 0 Å². The third kappa shape index (κ3) is 6.18. The van der Waals surface area contributed by atoms with Gasteiger partial charge in [-0.1, -0.05) is 12.1 Å². The maximum Gasteiger partial charge on any atom is 0.261 e. The molecule has 0 bridgehead atoms. The highest BCUT2D eigenvalue weighted by Gasteiger charge is 2.21. The first kappa shape index (κ1) is 31.9. The molecule has 1 amide bonds. The van der Waals surface area contributed by atoms with Gasteiger partial charge in [-0.25, -0.2) is 13.8 Å². The number of rotatable bonds is 8. The van der Waals surface area contributed by atoms with Crippen molar-refractivity contribution in [2.75, 3.05) is 19.5 Å². The molecule has 228 valence electrons. The van der Waals surface area contributed by atoms with Crippen molar-refractivity contribution in [3.63, 3.8) is 0 Å². The normalized spacial score (nSPS) is 10.8. The molecule has 0 aliphatic heterocycles. The first-order valence-corrected chi connectivity index (χ1v) is 13.3. The number of amides is 1. The van der Waals surface area contributed by atoms with E-state index in [4.69, 9.17) is 14.2 Å². The van der Waals surface area contributed by atoms with E-state index in [0.29, 0.717) is 28.0 Å². The molecule has 44 heavy (non-hydrogen) atoms. The van der Waals surface area contributed by atoms with Crippen LogP contribution in [0, 0.1) is 18.6 Å². The Balaban J connectivity index is 0.00000442. The zero-order chi connectivity index (χ0) is 30.8. The standard InChI is InChI=1S/C32H28F2N4O5.ClH/c1-17(2)38-16-22(30(39)28(18(38)3)19-7-6-8-20(33)13-19)31(40)36-21-9-10-25(23(34)14-21)43-26-11-12-35-24-15-27(41-4)32(42-5)37-29(24)26;/h6-17H,1-5H3,(H,36,40);1H. The Morgan fingerprint density at radius 3 is 2.41 bits per heavy atom. The molecule has 2 aromatic carbocycles. The number of nitrogens with zero attached hydrogens (tertiary/aromatic N) is 3. The second kappa shape index (κ2) is 13.1. The van der Waals surface area contributed by atoms with Gasteiger partial charge in [0.05, 0.1) is 19.7 Å². The maximum atomic E-state index is 15.2. The number of nitrogens with one attached hydrogen (secondary N) is 1. The highest BCUT2D eigenvalue weighted by molar-refractivity contribution is 6.04. The van der Waals surface area contributed by atoms with Crippen molar-refractivity contribution >= 4 is 35.0 Å². The molecular weight excluding hydrogens is 594 g/mol. The second-order valence-electron chi connectivity index (χ2n) is 9.92. The van der Waals surface area contributed by atoms with Gasteiger partial charge in [0.1, 0.15) is 16.9 Å². The zero-order valence-electron chi connectivity index (χ0n) is 24.5. The lowest BCUT2D eigenvalue weighted by Crippen LogP contribution is -2.27. The Bertz CT molecular complexity index is 1930. The van der Waals surface area contributed by atoms with Gasteiger partial charge in [0.25, 0.3) is 11.8 Å². The molecule has 3 heterocycles. The Labute approximate surface area is 257 Å². The van der Waals surface area contributed by atoms with Gasteiger partial charge in [-0.3, -0.25) is 14.6 Å². The minimum absolute atomic E-state index is 0. The average molecular weight is 623 g/mol. The monoisotopic (exact) mass is 622 g/mol. The predicted molar refractivity (Wildman–Crippen MR) is 166 cm³/mol. The Hall–Kier alpha value is -5.03. The van der Waals surface area contributed by atoms with Crippen LogP contribution in [0.15, 0.2) is 71.8 Å². The molecule has 0 unspecified atom stereocenters. The lowest BCUT2D eigenvalue weighted by atomic mass is 10.00. The number of pyridine rings is 3. The summed E-state index contributed by atoms with van der Waals surface area (Å²) in [5.74, 6) is -1.34. The number of carbonyl (C=O) groups is 1. The summed E-state index contributed by atoms with van der Waals surface area (Å²) in [4.78, 5) is 35.5. The summed E-state index contributed by atoms with van der Waals surface area (Å²) in [5, 5.41) is 2.59. The maximum absolute atomic E-state index is 15.2. The van der Waals surface area contributed by atoms with Gasteiger partial charge in [-0.05, 0) is 50.6 Å². The molecule has 3 aromatic heterocycles. The van der Waals surface area contributed by atoms with Gasteiger partial charge in [-0.2, -0.15) is 0 Å². The van der Waals surface area contributed by atoms with Crippen molar-refractivity contribution in [1.29, 1.82) is 0 Å². The van der Waals surface area contributed by atoms with Crippen LogP contribution in [0.4, 0.5) is 14.5 Å². The summed E-state index contributed by atoms with van der Waals surface area (Å²) in [5.41, 5.74) is 1.29. The van der Waals surface area contributed by atoms with E-state index < -0.39 is 23.0 Å². The van der Waals surface area contributed by atoms with Gasteiger partial charge in [0, 0.05) is 53.6 Å². The fraction of sp³-hybridized carbons (Fsp3) is 0.188. The SMILES string of the molecule is COc1cc2nccc(Oc3ccc(NC(=O)c4cn(C(C)C)c(C)c(-c5cccc(F)c5)c4=O)cc3F)c2nc1OC.Cl. The van der Waals surface area contributed by atoms with Crippen LogP contribution in [0.1, 0.15) is 35.9 Å². The number of hydrogen-bond donors (Lipinski definition) is 1. The molecule has 0 saturated heterocycles. The van der Waals surface area contributed by atoms with Crippen LogP contribution < -0.4 is 25.0 Å². The van der Waals surface area contributed by atoms with Crippen molar-refractivity contribution < 1.29 is 27.8 Å². The summed E-state index contributed by atoms with van der Waals surface area (Å²) < 4.78 is 47.4. The zero-order valence-corrected chi connectivity index (χ0v) is 25.3. The molecular formula is C32H29ClF2N4O5. The number of fused-ring (bicyclic) bond motifs is 1. The topological polar surface area (TPSA) is 105 Å². The van der Waals surface area contributed by atoms with E-state index in [1.165, 1.54) is 63.0 Å². The van der Waals surface area contributed by atoms with Crippen LogP contribution in [-0.4, -0.2) is 34.7 Å². The number of aromatic nitrogens is 3. The highest BCUT2D eigenvalue weighted by atomic mass is 35.5. The smallest absolute Gasteiger partial charge is 0.261 e. The van der Waals surface area contributed by atoms with Gasteiger partial charge in [0.2, 0.25) is 5.43 Å². The number of carbonyl (C=O) groups excluding carboxylic acids is 1. The van der Waals surface area contributed by atoms with Crippen LogP contribution in [0.5, 0.6) is 23.1 Å². The number of anilines is 1. The minimum Gasteiger partial charge on any atom is -0.491 e. The van der Waals surface area contributed by atoms with E-state index in [2.05, 4.69) is 15.3 Å². The van der Waals surface area contributed by atoms with E-state index in [-0.39, 0.29) is 52.6 Å². The average Bonchev–Trinajstić information content (AvgIpc) is 2.97. The van der Waals surface area contributed by atoms with Gasteiger partial charge < -0.3 is 24.1 Å². The number of benzene rings is 2. The minimum atomic E-state index is -0.771. The lowest BCUT2D eigenvalue weighted by molar-refractivity contribution is 0.102. The Morgan fingerprint density at radius 1 is 0.977 bits per heavy atom. The molecule has 5 aromatic rings. The molecule has 0 aliphatic carbocycles. The molecule has 5 rings (SSSR count). The van der Waals surface area contributed by atoms with Crippen molar-refractivity contribution in [3.05, 3.63) is 100 Å². The molecule has 0 spiro atoms. The summed E-state index contributed by atoms with van der Waals surface area (Å²) >= 11 is 0. The summed E-state index contributed by atoms with van der Waals surface area (Å²) in [6.07, 6.45) is 2.94. The van der Waals surface area contributed by atoms with Crippen LogP contribution >= 0.6 is 12.4 Å². The first-order chi connectivity index (χ1) is 20.6. The first-order valence-electron chi connectivity index (χ1n) is 13.3. The van der Waals surface area contributed by atoms with Crippen LogP contribution in [0.2, 0.25) is 0 Å². The summed E-state index contributed by atoms with van der Waals surface area (Å²) in [6.45, 7) is 5.54. The molecule has 0 radical (unpaired) electrons. The third-order valence-electron chi connectivity index (χ3n) is 6.83. The fourth-order valence-corrected chi connectivity index (χ4v) is 4.77. The molecule has 0 atom stereocenters. The van der Waals surface area contributed by atoms with Crippen molar-refractivity contribution in [2.24, 2.45) is 0 Å². The molecule has 0 saturated carbocycles. The predicted octanol–water partition coefficient (Wildman–Crippen LogP) is 7.11. The number of methoxy groups -OCH3 is 2. The van der Waals surface area contributed by atoms with Gasteiger partial charge in [0.15, 0.2) is 23.1 Å². The van der Waals surface area contributed by atoms with Crippen molar-refractivity contribution in [2.45, 2.75) is 26.8 Å². The summed E-state index contributed by atoms with van der Waals surface area (Å²) in [7, 11) is 2.92. The molecule has 0 fully saturated rings. The van der Waals surface area contributed by atoms with E-state index in [1.54, 1.807) is 23.6 Å². The summed E-state index contributed by atoms with van der Waals surface area (Å²) in [6, 6.07) is 12.6. The van der Waals surface area contributed by atoms with Crippen molar-refractivity contribution in [1.82, 2.24) is 14.5 Å². The lowest BCUT2D eigenvalue weighted by Gasteiger charge is -2.20. The molecule has 9 nitrogen and oxygen atoms in total. The largest absolute Gasteiger partial charge is 0.491 e. The third-order valence-corrected chi connectivity index (χ3v) is 6.83. The van der Waals surface area contributed by atoms with Gasteiger partial charge >= 0.3 is 0 Å². The number of ether oxygens (including phenoxy) is 3.